The number of H-pyrrole nitrogens is 1. The van der Waals surface area contributed by atoms with Gasteiger partial charge in [-0.2, -0.15) is 9.97 Å². The largest absolute Gasteiger partial charge is 0.507 e. The van der Waals surface area contributed by atoms with Gasteiger partial charge in [0.25, 0.3) is 0 Å². The molecule has 1 aliphatic carbocycles. The number of carbonyl (C=O) groups is 1. The van der Waals surface area contributed by atoms with E-state index < -0.39 is 5.97 Å². The normalized spacial score (nSPS) is 19.5. The summed E-state index contributed by atoms with van der Waals surface area (Å²) < 4.78 is 0. The van der Waals surface area contributed by atoms with Crippen LogP contribution in [0, 0.1) is 0 Å². The van der Waals surface area contributed by atoms with E-state index in [9.17, 15) is 15.0 Å². The molecule has 0 radical (unpaired) electrons. The highest BCUT2D eigenvalue weighted by Gasteiger charge is 2.23. The first-order valence-electron chi connectivity index (χ1n) is 8.95. The van der Waals surface area contributed by atoms with Gasteiger partial charge >= 0.3 is 5.97 Å². The van der Waals surface area contributed by atoms with Crippen LogP contribution in [0.4, 0.5) is 17.5 Å². The topological polar surface area (TPSA) is 175 Å². The van der Waals surface area contributed by atoms with E-state index in [0.29, 0.717) is 28.6 Å². The molecule has 11 nitrogen and oxygen atoms in total. The summed E-state index contributed by atoms with van der Waals surface area (Å²) in [5.74, 6) is -0.821. The zero-order valence-electron chi connectivity index (χ0n) is 14.9. The smallest absolute Gasteiger partial charge is 0.339 e. The van der Waals surface area contributed by atoms with Crippen molar-refractivity contribution in [3.8, 4) is 5.75 Å². The molecule has 1 aromatic carbocycles. The minimum absolute atomic E-state index is 0.0274. The number of hydrogen-bond donors (Lipinski definition) is 6. The Kier molecular flexibility index (Phi) is 4.65. The number of aromatic nitrogens is 5. The number of anilines is 3. The van der Waals surface area contributed by atoms with Crippen molar-refractivity contribution in [1.29, 1.82) is 0 Å². The minimum atomic E-state index is -1.23. The highest BCUT2D eigenvalue weighted by Crippen LogP contribution is 2.27. The molecule has 2 unspecified atom stereocenters. The van der Waals surface area contributed by atoms with E-state index in [1.165, 1.54) is 12.1 Å². The van der Waals surface area contributed by atoms with Crippen LogP contribution in [0.25, 0.3) is 11.2 Å². The van der Waals surface area contributed by atoms with E-state index in [0.717, 1.165) is 25.7 Å². The summed E-state index contributed by atoms with van der Waals surface area (Å²) in [6, 6.07) is 4.25. The maximum Gasteiger partial charge on any atom is 0.339 e. The molecule has 2 heterocycles. The van der Waals surface area contributed by atoms with Crippen LogP contribution in [0.3, 0.4) is 0 Å². The van der Waals surface area contributed by atoms with Crippen LogP contribution in [0.2, 0.25) is 0 Å². The van der Waals surface area contributed by atoms with Gasteiger partial charge in [0.15, 0.2) is 17.0 Å². The van der Waals surface area contributed by atoms with E-state index in [1.54, 1.807) is 6.07 Å². The number of benzene rings is 1. The Balaban J connectivity index is 1.66. The summed E-state index contributed by atoms with van der Waals surface area (Å²) >= 11 is 0. The lowest BCUT2D eigenvalue weighted by Crippen LogP contribution is -2.43. The Morgan fingerprint density at radius 3 is 2.86 bits per heavy atom. The first-order chi connectivity index (χ1) is 13.5. The predicted molar refractivity (Wildman–Crippen MR) is 102 cm³/mol. The highest BCUT2D eigenvalue weighted by atomic mass is 16.4. The van der Waals surface area contributed by atoms with Crippen molar-refractivity contribution in [2.75, 3.05) is 10.6 Å². The maximum absolute atomic E-state index is 11.2. The molecule has 1 saturated carbocycles. The van der Waals surface area contributed by atoms with E-state index >= 15 is 0 Å². The standard InChI is InChI=1S/C17H20N8O3/c18-10-3-1-2-4-11(10)20-17-21-14(13-15(22-17)24-25-23-13)19-8-5-6-12(26)9(7-8)16(27)28/h5-7,10-11,26H,1-4,18H2,(H,27,28)(H3,19,20,21,22,23,24,25). The molecule has 2 aromatic heterocycles. The Morgan fingerprint density at radius 2 is 2.07 bits per heavy atom. The van der Waals surface area contributed by atoms with Gasteiger partial charge in [0, 0.05) is 17.8 Å². The summed E-state index contributed by atoms with van der Waals surface area (Å²) in [5.41, 5.74) is 7.24. The summed E-state index contributed by atoms with van der Waals surface area (Å²) in [5, 5.41) is 35.6. The molecule has 4 rings (SSSR count). The van der Waals surface area contributed by atoms with Gasteiger partial charge in [-0.05, 0) is 31.0 Å². The predicted octanol–water partition coefficient (Wildman–Crippen LogP) is 1.58. The SMILES string of the molecule is NC1CCCCC1Nc1nc(Nc2ccc(O)c(C(=O)O)c2)c2nn[nH]c2n1. The fourth-order valence-electron chi connectivity index (χ4n) is 3.33. The highest BCUT2D eigenvalue weighted by molar-refractivity contribution is 5.93. The Labute approximate surface area is 159 Å². The summed E-state index contributed by atoms with van der Waals surface area (Å²) in [6.45, 7) is 0. The number of nitrogens with one attached hydrogen (secondary N) is 3. The van der Waals surface area contributed by atoms with Crippen LogP contribution < -0.4 is 16.4 Å². The lowest BCUT2D eigenvalue weighted by molar-refractivity contribution is 0.0694. The second kappa shape index (κ2) is 7.27. The molecule has 28 heavy (non-hydrogen) atoms. The molecular weight excluding hydrogens is 364 g/mol. The van der Waals surface area contributed by atoms with Gasteiger partial charge < -0.3 is 26.6 Å². The van der Waals surface area contributed by atoms with Crippen LogP contribution in [0.15, 0.2) is 18.2 Å². The quantitative estimate of drug-likeness (QED) is 0.354. The van der Waals surface area contributed by atoms with E-state index in [4.69, 9.17) is 5.73 Å². The van der Waals surface area contributed by atoms with Crippen LogP contribution in [-0.2, 0) is 0 Å². The van der Waals surface area contributed by atoms with Gasteiger partial charge in [-0.15, -0.1) is 5.10 Å². The summed E-state index contributed by atoms with van der Waals surface area (Å²) in [6.07, 6.45) is 4.09. The van der Waals surface area contributed by atoms with Gasteiger partial charge in [0.2, 0.25) is 5.95 Å². The molecule has 1 aliphatic rings. The molecule has 3 aromatic rings. The molecule has 7 N–H and O–H groups in total. The number of carboxylic acids is 1. The third-order valence-electron chi connectivity index (χ3n) is 4.81. The third-order valence-corrected chi connectivity index (χ3v) is 4.81. The number of nitrogens with zero attached hydrogens (tertiary/aromatic N) is 4. The first kappa shape index (κ1) is 17.9. The second-order valence-corrected chi connectivity index (χ2v) is 6.77. The molecule has 0 saturated heterocycles. The minimum Gasteiger partial charge on any atom is -0.507 e. The number of aromatic hydroxyl groups is 1. The number of nitrogens with two attached hydrogens (primary N) is 1. The van der Waals surface area contributed by atoms with Crippen LogP contribution >= 0.6 is 0 Å². The van der Waals surface area contributed by atoms with E-state index in [2.05, 4.69) is 36.0 Å². The van der Waals surface area contributed by atoms with Gasteiger partial charge in [0.05, 0.1) is 0 Å². The Morgan fingerprint density at radius 1 is 1.25 bits per heavy atom. The van der Waals surface area contributed by atoms with Gasteiger partial charge in [-0.1, -0.05) is 18.1 Å². The molecule has 0 spiro atoms. The number of aromatic carboxylic acids is 1. The Hall–Kier alpha value is -3.47. The van der Waals surface area contributed by atoms with Crippen molar-refractivity contribution < 1.29 is 15.0 Å². The first-order valence-corrected chi connectivity index (χ1v) is 8.95. The number of aromatic amines is 1. The average Bonchev–Trinajstić information content (AvgIpc) is 3.14. The molecule has 146 valence electrons. The molecule has 2 atom stereocenters. The van der Waals surface area contributed by atoms with Crippen LogP contribution in [0.1, 0.15) is 36.0 Å². The van der Waals surface area contributed by atoms with Crippen LogP contribution in [-0.4, -0.2) is 53.6 Å². The van der Waals surface area contributed by atoms with E-state index in [-0.39, 0.29) is 23.4 Å². The number of rotatable bonds is 5. The lowest BCUT2D eigenvalue weighted by atomic mass is 9.91. The molecule has 11 heteroatoms. The van der Waals surface area contributed by atoms with Gasteiger partial charge in [0.1, 0.15) is 11.3 Å². The lowest BCUT2D eigenvalue weighted by Gasteiger charge is -2.29. The van der Waals surface area contributed by atoms with Crippen molar-refractivity contribution in [1.82, 2.24) is 25.4 Å². The number of hydrogen-bond acceptors (Lipinski definition) is 9. The van der Waals surface area contributed by atoms with Crippen molar-refractivity contribution in [2.45, 2.75) is 37.8 Å². The third kappa shape index (κ3) is 3.51. The zero-order chi connectivity index (χ0) is 19.7. The van der Waals surface area contributed by atoms with Crippen molar-refractivity contribution in [3.05, 3.63) is 23.8 Å². The molecular formula is C17H20N8O3. The van der Waals surface area contributed by atoms with Gasteiger partial charge in [-0.25, -0.2) is 9.89 Å². The second-order valence-electron chi connectivity index (χ2n) is 6.77. The van der Waals surface area contributed by atoms with Gasteiger partial charge in [-0.3, -0.25) is 0 Å². The fraction of sp³-hybridized carbons (Fsp3) is 0.353. The fourth-order valence-corrected chi connectivity index (χ4v) is 3.33. The summed E-state index contributed by atoms with van der Waals surface area (Å²) in [7, 11) is 0. The molecule has 0 aliphatic heterocycles. The monoisotopic (exact) mass is 384 g/mol. The average molecular weight is 384 g/mol. The number of carboxylic acid groups (broad SMARTS) is 1. The van der Waals surface area contributed by atoms with Crippen molar-refractivity contribution >= 4 is 34.6 Å². The van der Waals surface area contributed by atoms with Crippen molar-refractivity contribution in [3.63, 3.8) is 0 Å². The molecule has 0 amide bonds. The van der Waals surface area contributed by atoms with Crippen LogP contribution in [0.5, 0.6) is 5.75 Å². The molecule has 1 fully saturated rings. The number of fused-ring (bicyclic) bond motifs is 1. The van der Waals surface area contributed by atoms with E-state index in [1.807, 2.05) is 0 Å². The zero-order valence-corrected chi connectivity index (χ0v) is 14.9. The summed E-state index contributed by atoms with van der Waals surface area (Å²) in [4.78, 5) is 20.1. The maximum atomic E-state index is 11.2. The Bertz CT molecular complexity index is 1020. The molecule has 0 bridgehead atoms. The van der Waals surface area contributed by atoms with Crippen molar-refractivity contribution in [2.24, 2.45) is 5.73 Å². The number of phenols is 1.